The van der Waals surface area contributed by atoms with Gasteiger partial charge in [0.15, 0.2) is 0 Å². The fourth-order valence-electron chi connectivity index (χ4n) is 9.99. The first-order valence-electron chi connectivity index (χ1n) is 36.8. The molecule has 0 heterocycles. The number of carbonyl (C=O) groups excluding carboxylic acids is 8. The lowest BCUT2D eigenvalue weighted by molar-refractivity contribution is -0.139. The molecule has 0 atom stereocenters. The van der Waals surface area contributed by atoms with Gasteiger partial charge in [-0.25, -0.2) is 0 Å². The summed E-state index contributed by atoms with van der Waals surface area (Å²) in [5, 5.41) is 94.7. The molecule has 0 rings (SSSR count). The number of nitrogens with zero attached hydrogens (tertiary/aromatic N) is 8. The first kappa shape index (κ1) is 103. The van der Waals surface area contributed by atoms with Crippen molar-refractivity contribution in [1.82, 2.24) is 81.7 Å². The minimum absolute atomic E-state index is 0.00621. The number of hydrogen-bond acceptors (Lipinski definition) is 28. The number of carboxylic acid groups (broad SMARTS) is 8. The Labute approximate surface area is 640 Å². The second-order valence-corrected chi connectivity index (χ2v) is 25.2. The Balaban J connectivity index is 0. The van der Waals surface area contributed by atoms with Crippen LogP contribution in [0.5, 0.6) is 0 Å². The Morgan fingerprint density at radius 3 is 0.409 bits per heavy atom. The lowest BCUT2D eigenvalue weighted by atomic mass is 10.2. The van der Waals surface area contributed by atoms with Crippen molar-refractivity contribution in [3.63, 3.8) is 0 Å². The van der Waals surface area contributed by atoms with E-state index in [2.05, 4.69) is 42.5 Å². The van der Waals surface area contributed by atoms with E-state index in [0.717, 1.165) is 0 Å². The van der Waals surface area contributed by atoms with Gasteiger partial charge in [0.05, 0.1) is 64.7 Å². The van der Waals surface area contributed by atoms with Gasteiger partial charge < -0.3 is 126 Å². The predicted octanol–water partition coefficient (Wildman–Crippen LogP) is -8.01. The maximum atomic E-state index is 13.2. The normalized spacial score (nSPS) is 11.2. The highest BCUT2D eigenvalue weighted by molar-refractivity contribution is 5.79. The zero-order valence-electron chi connectivity index (χ0n) is 63.4. The molecule has 0 aromatic carbocycles. The number of nitrogens with one attached hydrogen (secondary N) is 8. The maximum absolute atomic E-state index is 13.2. The topological polar surface area (TPSA) is 661 Å². The number of rotatable bonds is 72. The lowest BCUT2D eigenvalue weighted by Crippen LogP contribution is -2.45. The highest BCUT2D eigenvalue weighted by Crippen LogP contribution is 2.07. The number of carboxylic acids is 8. The van der Waals surface area contributed by atoms with Crippen LogP contribution in [0.15, 0.2) is 0 Å². The molecule has 8 amide bonds. The van der Waals surface area contributed by atoms with Crippen LogP contribution in [0.25, 0.3) is 0 Å². The first-order chi connectivity index (χ1) is 52.3. The molecule has 0 radical (unpaired) electrons. The summed E-state index contributed by atoms with van der Waals surface area (Å²) in [6, 6.07) is 0. The molecule has 632 valence electrons. The molecule has 0 fully saturated rings. The molecule has 0 saturated heterocycles. The van der Waals surface area contributed by atoms with Crippen molar-refractivity contribution in [2.75, 3.05) is 223 Å². The summed E-state index contributed by atoms with van der Waals surface area (Å²) >= 11 is 0. The van der Waals surface area contributed by atoms with Crippen LogP contribution in [0.4, 0.5) is 0 Å². The quantitative estimate of drug-likeness (QED) is 0.0252. The van der Waals surface area contributed by atoms with Gasteiger partial charge in [-0.2, -0.15) is 0 Å². The van der Waals surface area contributed by atoms with Crippen LogP contribution in [0.2, 0.25) is 0 Å². The third-order valence-electron chi connectivity index (χ3n) is 16.0. The van der Waals surface area contributed by atoms with Gasteiger partial charge in [-0.05, 0) is 0 Å². The highest BCUT2D eigenvalue weighted by Gasteiger charge is 2.22. The van der Waals surface area contributed by atoms with E-state index in [4.69, 9.17) is 63.8 Å². The standard InChI is InChI=1S/C45H78N10O20.C21H46N10O4/c56-34(46-13-29-50(21-5-38(60)61)22-6-39(62)63)1-17-54(18-2-35(57)47-14-30-51(23-7-40(64)65)24-8-41(66)67)33-55(19-3-36(58)48-15-31-52(25-9-42(68)69)26-10-43(70)71)20-4-37(59)49-16-32-53(27-11-44(72)73)28-12-45(74)75;22-5-9-26-18(32)1-13-30(14-2-19(33)27-10-6-23)17-31(15-3-20(34)28-11-7-24)16-4-21(35)29-12-8-25/h1-33H2,(H,46,56)(H,47,57)(H,48,58)(H,49,59)(H,60,61)(H,62,63)(H,64,65)(H,66,67)(H,68,69)(H,70,71)(H,72,73)(H,74,75);1-17,22-25H2,(H,26,32)(H,27,33)(H,28,34)(H,29,35). The largest absolute Gasteiger partial charge is 0.481 e. The molecular formula is C66H124N20O24. The summed E-state index contributed by atoms with van der Waals surface area (Å²) in [6.07, 6.45) is -1.68. The SMILES string of the molecule is NCCNC(=O)CCN(CCC(=O)NCCN)CN(CCC(=O)NCCN)CCC(=O)NCCN.O=C(O)CCN(CCNC(=O)CCN(CCC(=O)NCCN(CCC(=O)O)CCC(=O)O)CN(CCC(=O)NCCN(CCC(=O)O)CCC(=O)O)CCC(=O)NCCN(CCC(=O)O)CCC(=O)O)CCC(=O)O. The molecule has 0 aliphatic rings. The van der Waals surface area contributed by atoms with Gasteiger partial charge >= 0.3 is 47.8 Å². The van der Waals surface area contributed by atoms with Crippen molar-refractivity contribution in [3.8, 4) is 0 Å². The zero-order valence-corrected chi connectivity index (χ0v) is 63.4. The summed E-state index contributed by atoms with van der Waals surface area (Å²) in [5.74, 6) is -11.1. The Morgan fingerprint density at radius 2 is 0.291 bits per heavy atom. The molecule has 110 heavy (non-hydrogen) atoms. The van der Waals surface area contributed by atoms with Gasteiger partial charge in [0.2, 0.25) is 47.3 Å². The van der Waals surface area contributed by atoms with Gasteiger partial charge in [0.25, 0.3) is 0 Å². The van der Waals surface area contributed by atoms with E-state index in [0.29, 0.717) is 85.2 Å². The Kier molecular flexibility index (Phi) is 62.8. The van der Waals surface area contributed by atoms with Crippen molar-refractivity contribution < 1.29 is 118 Å². The third-order valence-corrected chi connectivity index (χ3v) is 16.0. The van der Waals surface area contributed by atoms with Gasteiger partial charge in [0.1, 0.15) is 0 Å². The summed E-state index contributed by atoms with van der Waals surface area (Å²) in [5.41, 5.74) is 21.7. The average molecular weight is 1580 g/mol. The number of carbonyl (C=O) groups is 16. The van der Waals surface area contributed by atoms with Gasteiger partial charge in [-0.1, -0.05) is 0 Å². The number of aliphatic carboxylic acids is 8. The number of amides is 8. The molecule has 0 saturated carbocycles. The van der Waals surface area contributed by atoms with Crippen LogP contribution in [-0.2, 0) is 76.7 Å². The van der Waals surface area contributed by atoms with E-state index < -0.39 is 71.4 Å². The molecule has 0 aliphatic heterocycles. The first-order valence-corrected chi connectivity index (χ1v) is 36.8. The second kappa shape index (κ2) is 67.0. The molecule has 0 unspecified atom stereocenters. The van der Waals surface area contributed by atoms with Gasteiger partial charge in [0, 0.05) is 261 Å². The summed E-state index contributed by atoms with van der Waals surface area (Å²) in [7, 11) is 0. The molecule has 0 aromatic heterocycles. The molecule has 0 bridgehead atoms. The van der Waals surface area contributed by atoms with Crippen LogP contribution in [0, 0.1) is 0 Å². The van der Waals surface area contributed by atoms with Crippen LogP contribution in [0.3, 0.4) is 0 Å². The van der Waals surface area contributed by atoms with Crippen molar-refractivity contribution >= 4 is 95.0 Å². The fraction of sp³-hybridized carbons (Fsp3) is 0.758. The van der Waals surface area contributed by atoms with Crippen molar-refractivity contribution in [3.05, 3.63) is 0 Å². The third kappa shape index (κ3) is 67.2. The number of hydrogen-bond donors (Lipinski definition) is 20. The molecule has 44 nitrogen and oxygen atoms in total. The van der Waals surface area contributed by atoms with E-state index in [1.807, 2.05) is 9.80 Å². The van der Waals surface area contributed by atoms with Crippen LogP contribution in [-0.4, -0.2) is 398 Å². The molecule has 0 aromatic rings. The van der Waals surface area contributed by atoms with Gasteiger partial charge in [-0.15, -0.1) is 0 Å². The monoisotopic (exact) mass is 1580 g/mol. The Hall–Kier alpha value is -8.96. The van der Waals surface area contributed by atoms with Crippen LogP contribution >= 0.6 is 0 Å². The lowest BCUT2D eigenvalue weighted by Gasteiger charge is -2.30. The highest BCUT2D eigenvalue weighted by atomic mass is 16.4. The van der Waals surface area contributed by atoms with Gasteiger partial charge in [-0.3, -0.25) is 96.3 Å². The second-order valence-electron chi connectivity index (χ2n) is 25.2. The van der Waals surface area contributed by atoms with Crippen molar-refractivity contribution in [2.24, 2.45) is 22.9 Å². The smallest absolute Gasteiger partial charge is 0.304 e. The summed E-state index contributed by atoms with van der Waals surface area (Å²) < 4.78 is 0. The minimum Gasteiger partial charge on any atom is -0.481 e. The van der Waals surface area contributed by atoms with Crippen LogP contribution in [0.1, 0.15) is 103 Å². The molecular weight excluding hydrogens is 1460 g/mol. The summed E-state index contributed by atoms with van der Waals surface area (Å²) in [6.45, 7) is 6.10. The maximum Gasteiger partial charge on any atom is 0.304 e. The van der Waals surface area contributed by atoms with E-state index >= 15 is 0 Å². The summed E-state index contributed by atoms with van der Waals surface area (Å²) in [4.78, 5) is 204. The molecule has 24 N–H and O–H groups in total. The average Bonchev–Trinajstić information content (AvgIpc) is 0.917. The van der Waals surface area contributed by atoms with E-state index in [1.54, 1.807) is 29.4 Å². The van der Waals surface area contributed by atoms with E-state index in [1.165, 1.54) is 0 Å². The van der Waals surface area contributed by atoms with E-state index in [-0.39, 0.29) is 264 Å². The minimum atomic E-state index is -1.09. The fourth-order valence-corrected chi connectivity index (χ4v) is 9.99. The van der Waals surface area contributed by atoms with Crippen molar-refractivity contribution in [2.45, 2.75) is 103 Å². The predicted molar refractivity (Wildman–Crippen MR) is 397 cm³/mol. The molecule has 0 aliphatic carbocycles. The van der Waals surface area contributed by atoms with E-state index in [9.17, 15) is 76.7 Å². The van der Waals surface area contributed by atoms with Crippen LogP contribution < -0.4 is 65.5 Å². The molecule has 0 spiro atoms. The zero-order chi connectivity index (χ0) is 82.9. The number of nitrogens with two attached hydrogens (primary N) is 4. The molecule has 44 heteroatoms. The van der Waals surface area contributed by atoms with Crippen molar-refractivity contribution in [1.29, 1.82) is 0 Å². The Bertz CT molecular complexity index is 2330. The Morgan fingerprint density at radius 1 is 0.173 bits per heavy atom.